The van der Waals surface area contributed by atoms with E-state index in [4.69, 9.17) is 4.52 Å². The molecule has 0 aliphatic rings. The number of anilines is 1. The van der Waals surface area contributed by atoms with Crippen molar-refractivity contribution in [3.05, 3.63) is 63.1 Å². The number of nitrogens with zero attached hydrogens (tertiary/aromatic N) is 5. The number of pyridine rings is 1. The predicted molar refractivity (Wildman–Crippen MR) is 117 cm³/mol. The standard InChI is InChI=1S/C21H18BrF3N6O2/c1-4-18-27-17(30-33-18)9-31-11(3)19(10(2)29-31)28-20(32)14-8-16(21(23,24)25)26-15-6-5-12(22)7-13(14)15/h5-8H,4,9H2,1-3H3,(H,28,32). The SMILES string of the molecule is CCc1nc(Cn2nc(C)c(NC(=O)c3cc(C(F)(F)F)nc4ccc(Br)cc34)c2C)no1. The van der Waals surface area contributed by atoms with Crippen LogP contribution in [0.2, 0.25) is 0 Å². The molecule has 0 saturated carbocycles. The second-order valence-corrected chi connectivity index (χ2v) is 8.25. The molecule has 1 N–H and O–H groups in total. The van der Waals surface area contributed by atoms with E-state index in [0.29, 0.717) is 39.7 Å². The summed E-state index contributed by atoms with van der Waals surface area (Å²) in [6, 6.07) is 5.31. The van der Waals surface area contributed by atoms with E-state index in [1.165, 1.54) is 6.07 Å². The molecule has 0 fully saturated rings. The second kappa shape index (κ2) is 8.58. The van der Waals surface area contributed by atoms with Crippen molar-refractivity contribution in [2.24, 2.45) is 0 Å². The fourth-order valence-electron chi connectivity index (χ4n) is 3.38. The first-order chi connectivity index (χ1) is 15.6. The van der Waals surface area contributed by atoms with Gasteiger partial charge in [0, 0.05) is 16.3 Å². The minimum Gasteiger partial charge on any atom is -0.339 e. The number of alkyl halides is 3. The quantitative estimate of drug-likeness (QED) is 0.392. The Morgan fingerprint density at radius 3 is 2.64 bits per heavy atom. The largest absolute Gasteiger partial charge is 0.433 e. The zero-order valence-electron chi connectivity index (χ0n) is 17.8. The molecule has 0 saturated heterocycles. The fraction of sp³-hybridized carbons (Fsp3) is 0.286. The lowest BCUT2D eigenvalue weighted by atomic mass is 10.1. The Balaban J connectivity index is 1.70. The number of aryl methyl sites for hydroxylation is 2. The summed E-state index contributed by atoms with van der Waals surface area (Å²) < 4.78 is 47.5. The third-order valence-electron chi connectivity index (χ3n) is 5.03. The molecule has 4 aromatic rings. The van der Waals surface area contributed by atoms with Crippen LogP contribution in [0.25, 0.3) is 10.9 Å². The average molecular weight is 523 g/mol. The molecule has 4 rings (SSSR count). The van der Waals surface area contributed by atoms with E-state index in [1.54, 1.807) is 30.7 Å². The van der Waals surface area contributed by atoms with Crippen LogP contribution < -0.4 is 5.32 Å². The molecule has 8 nitrogen and oxygen atoms in total. The van der Waals surface area contributed by atoms with Gasteiger partial charge in [0.05, 0.1) is 28.2 Å². The molecule has 0 bridgehead atoms. The Hall–Kier alpha value is -3.28. The summed E-state index contributed by atoms with van der Waals surface area (Å²) in [7, 11) is 0. The first kappa shape index (κ1) is 22.9. The molecule has 0 spiro atoms. The molecule has 33 heavy (non-hydrogen) atoms. The summed E-state index contributed by atoms with van der Waals surface area (Å²) in [5.41, 5.74) is 0.259. The van der Waals surface area contributed by atoms with Crippen molar-refractivity contribution in [3.63, 3.8) is 0 Å². The minimum atomic E-state index is -4.70. The van der Waals surface area contributed by atoms with Gasteiger partial charge in [-0.3, -0.25) is 9.48 Å². The highest BCUT2D eigenvalue weighted by Gasteiger charge is 2.34. The number of amides is 1. The average Bonchev–Trinajstić information content (AvgIpc) is 3.32. The molecule has 0 atom stereocenters. The van der Waals surface area contributed by atoms with Gasteiger partial charge in [0.2, 0.25) is 5.89 Å². The molecule has 12 heteroatoms. The van der Waals surface area contributed by atoms with E-state index < -0.39 is 17.8 Å². The van der Waals surface area contributed by atoms with Gasteiger partial charge in [0.1, 0.15) is 12.2 Å². The Kier molecular flexibility index (Phi) is 5.95. The van der Waals surface area contributed by atoms with Crippen LogP contribution in [0, 0.1) is 13.8 Å². The Morgan fingerprint density at radius 2 is 1.97 bits per heavy atom. The molecule has 1 amide bonds. The van der Waals surface area contributed by atoms with Gasteiger partial charge in [-0.1, -0.05) is 28.0 Å². The summed E-state index contributed by atoms with van der Waals surface area (Å²) in [6.45, 7) is 5.53. The summed E-state index contributed by atoms with van der Waals surface area (Å²) in [6.07, 6.45) is -4.10. The van der Waals surface area contributed by atoms with E-state index in [-0.39, 0.29) is 23.0 Å². The van der Waals surface area contributed by atoms with Crippen LogP contribution in [0.4, 0.5) is 18.9 Å². The monoisotopic (exact) mass is 522 g/mol. The molecular weight excluding hydrogens is 505 g/mol. The van der Waals surface area contributed by atoms with Crippen molar-refractivity contribution in [1.82, 2.24) is 24.9 Å². The number of aromatic nitrogens is 5. The molecule has 3 heterocycles. The number of hydrogen-bond donors (Lipinski definition) is 1. The van der Waals surface area contributed by atoms with Gasteiger partial charge in [0.25, 0.3) is 5.91 Å². The number of rotatable bonds is 5. The van der Waals surface area contributed by atoms with Crippen molar-refractivity contribution >= 4 is 38.4 Å². The Morgan fingerprint density at radius 1 is 1.21 bits per heavy atom. The summed E-state index contributed by atoms with van der Waals surface area (Å²) in [5.74, 6) is 0.218. The van der Waals surface area contributed by atoms with E-state index in [9.17, 15) is 18.0 Å². The van der Waals surface area contributed by atoms with E-state index in [0.717, 1.165) is 6.07 Å². The molecule has 3 aromatic heterocycles. The van der Waals surface area contributed by atoms with Crippen molar-refractivity contribution < 1.29 is 22.5 Å². The smallest absolute Gasteiger partial charge is 0.339 e. The maximum absolute atomic E-state index is 13.4. The van der Waals surface area contributed by atoms with Crippen LogP contribution in [0.5, 0.6) is 0 Å². The predicted octanol–water partition coefficient (Wildman–Crippen LogP) is 5.08. The van der Waals surface area contributed by atoms with Crippen LogP contribution in [-0.4, -0.2) is 30.8 Å². The fourth-order valence-corrected chi connectivity index (χ4v) is 3.74. The molecule has 0 aliphatic carbocycles. The molecule has 1 aromatic carbocycles. The molecule has 172 valence electrons. The highest BCUT2D eigenvalue weighted by molar-refractivity contribution is 9.10. The zero-order valence-corrected chi connectivity index (χ0v) is 19.4. The van der Waals surface area contributed by atoms with E-state index in [1.807, 2.05) is 6.92 Å². The lowest BCUT2D eigenvalue weighted by molar-refractivity contribution is -0.140. The van der Waals surface area contributed by atoms with Gasteiger partial charge >= 0.3 is 6.18 Å². The highest BCUT2D eigenvalue weighted by Crippen LogP contribution is 2.32. The van der Waals surface area contributed by atoms with E-state index >= 15 is 0 Å². The van der Waals surface area contributed by atoms with Crippen LogP contribution in [0.3, 0.4) is 0 Å². The maximum Gasteiger partial charge on any atom is 0.433 e. The first-order valence-electron chi connectivity index (χ1n) is 9.91. The summed E-state index contributed by atoms with van der Waals surface area (Å²) in [4.78, 5) is 21.0. The van der Waals surface area contributed by atoms with Crippen LogP contribution in [-0.2, 0) is 19.1 Å². The molecule has 0 unspecified atom stereocenters. The normalized spacial score (nSPS) is 11.8. The molecule has 0 radical (unpaired) electrons. The Bertz CT molecular complexity index is 1360. The van der Waals surface area contributed by atoms with Gasteiger partial charge in [-0.05, 0) is 38.1 Å². The molecular formula is C21H18BrF3N6O2. The summed E-state index contributed by atoms with van der Waals surface area (Å²) >= 11 is 3.29. The zero-order chi connectivity index (χ0) is 23.9. The lowest BCUT2D eigenvalue weighted by Crippen LogP contribution is -2.17. The van der Waals surface area contributed by atoms with Crippen LogP contribution in [0.1, 0.15) is 46.1 Å². The minimum absolute atomic E-state index is 0.0612. The second-order valence-electron chi connectivity index (χ2n) is 7.33. The van der Waals surface area contributed by atoms with Gasteiger partial charge in [-0.15, -0.1) is 0 Å². The van der Waals surface area contributed by atoms with Crippen LogP contribution >= 0.6 is 15.9 Å². The van der Waals surface area contributed by atoms with Crippen molar-refractivity contribution in [1.29, 1.82) is 0 Å². The van der Waals surface area contributed by atoms with Crippen molar-refractivity contribution in [3.8, 4) is 0 Å². The number of fused-ring (bicyclic) bond motifs is 1. The number of benzene rings is 1. The Labute approximate surface area is 194 Å². The van der Waals surface area contributed by atoms with Crippen LogP contribution in [0.15, 0.2) is 33.3 Å². The number of halogens is 4. The van der Waals surface area contributed by atoms with Gasteiger partial charge in [-0.25, -0.2) is 4.98 Å². The number of carbonyl (C=O) groups is 1. The maximum atomic E-state index is 13.4. The van der Waals surface area contributed by atoms with Gasteiger partial charge < -0.3 is 9.84 Å². The number of carbonyl (C=O) groups excluding carboxylic acids is 1. The lowest BCUT2D eigenvalue weighted by Gasteiger charge is -2.13. The first-order valence-corrected chi connectivity index (χ1v) is 10.7. The number of nitrogens with one attached hydrogen (secondary N) is 1. The third-order valence-corrected chi connectivity index (χ3v) is 5.52. The van der Waals surface area contributed by atoms with Crippen molar-refractivity contribution in [2.45, 2.75) is 39.9 Å². The third kappa shape index (κ3) is 4.61. The molecule has 0 aliphatic heterocycles. The number of hydrogen-bond acceptors (Lipinski definition) is 6. The topological polar surface area (TPSA) is 98.7 Å². The van der Waals surface area contributed by atoms with Gasteiger partial charge in [-0.2, -0.15) is 23.3 Å². The summed E-state index contributed by atoms with van der Waals surface area (Å²) in [5, 5.41) is 11.3. The van der Waals surface area contributed by atoms with Crippen molar-refractivity contribution in [2.75, 3.05) is 5.32 Å². The van der Waals surface area contributed by atoms with Gasteiger partial charge in [0.15, 0.2) is 5.82 Å². The highest BCUT2D eigenvalue weighted by atomic mass is 79.9. The van der Waals surface area contributed by atoms with E-state index in [2.05, 4.69) is 41.5 Å².